The minimum atomic E-state index is 0. The van der Waals surface area contributed by atoms with E-state index in [1.807, 2.05) is 18.2 Å². The lowest BCUT2D eigenvalue weighted by molar-refractivity contribution is 0.0997. The first-order chi connectivity index (χ1) is 5.34. The summed E-state index contributed by atoms with van der Waals surface area (Å²) in [5, 5.41) is 0. The number of carbonyl (C=O) groups excluding carboxylic acids is 1. The van der Waals surface area contributed by atoms with Crippen LogP contribution in [0.25, 0.3) is 0 Å². The fraction of sp³-hybridized carbons (Fsp3) is 0.125. The van der Waals surface area contributed by atoms with Gasteiger partial charge in [0.2, 0.25) is 0 Å². The van der Waals surface area contributed by atoms with Gasteiger partial charge in [-0.1, -0.05) is 30.3 Å². The van der Waals surface area contributed by atoms with E-state index in [9.17, 15) is 4.79 Å². The van der Waals surface area contributed by atoms with Crippen molar-refractivity contribution >= 4 is 30.0 Å². The molecule has 66 valence electrons. The normalized spacial score (nSPS) is 8.75. The Hall–Kier alpha value is -0.570. The van der Waals surface area contributed by atoms with Gasteiger partial charge in [0.25, 0.3) is 0 Å². The largest absolute Gasteiger partial charge is 0.293 e. The maximum Gasteiger partial charge on any atom is 0.177 e. The van der Waals surface area contributed by atoms with Gasteiger partial charge in [-0.25, -0.2) is 4.84 Å². The summed E-state index contributed by atoms with van der Waals surface area (Å²) in [5.41, 5.74) is 0.681. The summed E-state index contributed by atoms with van der Waals surface area (Å²) >= 11 is 5.18. The molecule has 0 fully saturated rings. The molecule has 4 heteroatoms. The number of hydrogen-bond acceptors (Lipinski definition) is 2. The third kappa shape index (κ3) is 3.22. The lowest BCUT2D eigenvalue weighted by Crippen LogP contribution is -2.14. The highest BCUT2D eigenvalue weighted by atomic mass is 35.5. The molecule has 0 heterocycles. The predicted octanol–water partition coefficient (Wildman–Crippen LogP) is 2.03. The number of halogens is 2. The minimum absolute atomic E-state index is 0. The SMILES string of the molecule is Cl.O=C(CNCl)c1ccccc1. The molecule has 0 radical (unpaired) electrons. The van der Waals surface area contributed by atoms with Crippen molar-refractivity contribution in [3.05, 3.63) is 35.9 Å². The molecule has 0 saturated carbocycles. The van der Waals surface area contributed by atoms with E-state index in [0.29, 0.717) is 5.56 Å². The number of carbonyl (C=O) groups is 1. The zero-order valence-corrected chi connectivity index (χ0v) is 7.86. The van der Waals surface area contributed by atoms with Crippen LogP contribution >= 0.6 is 24.2 Å². The van der Waals surface area contributed by atoms with Crippen molar-refractivity contribution in [3.63, 3.8) is 0 Å². The van der Waals surface area contributed by atoms with Gasteiger partial charge in [-0.3, -0.25) is 4.79 Å². The fourth-order valence-corrected chi connectivity index (χ4v) is 0.908. The van der Waals surface area contributed by atoms with Crippen LogP contribution in [0.1, 0.15) is 10.4 Å². The molecule has 0 aliphatic carbocycles. The van der Waals surface area contributed by atoms with Gasteiger partial charge >= 0.3 is 0 Å². The molecule has 1 aromatic carbocycles. The molecule has 12 heavy (non-hydrogen) atoms. The van der Waals surface area contributed by atoms with Gasteiger partial charge in [-0.05, 0) is 11.8 Å². The molecule has 0 amide bonds. The first-order valence-corrected chi connectivity index (χ1v) is 3.64. The van der Waals surface area contributed by atoms with Crippen molar-refractivity contribution in [1.82, 2.24) is 4.84 Å². The van der Waals surface area contributed by atoms with Crippen molar-refractivity contribution in [1.29, 1.82) is 0 Å². The standard InChI is InChI=1S/C8H8ClNO.ClH/c9-10-6-8(11)7-4-2-1-3-5-7;/h1-5,10H,6H2;1H. The highest BCUT2D eigenvalue weighted by Crippen LogP contribution is 1.98. The fourth-order valence-electron chi connectivity index (χ4n) is 0.787. The number of nitrogens with one attached hydrogen (secondary N) is 1. The quantitative estimate of drug-likeness (QED) is 0.605. The molecular formula is C8H9Cl2NO. The summed E-state index contributed by atoms with van der Waals surface area (Å²) in [6.07, 6.45) is 0. The summed E-state index contributed by atoms with van der Waals surface area (Å²) in [7, 11) is 0. The zero-order chi connectivity index (χ0) is 8.10. The maximum absolute atomic E-state index is 11.1. The summed E-state index contributed by atoms with van der Waals surface area (Å²) in [5.74, 6) is 0.000556. The minimum Gasteiger partial charge on any atom is -0.293 e. The van der Waals surface area contributed by atoms with Crippen LogP contribution in [0.3, 0.4) is 0 Å². The predicted molar refractivity (Wildman–Crippen MR) is 51.9 cm³/mol. The first-order valence-electron chi connectivity index (χ1n) is 3.26. The van der Waals surface area contributed by atoms with E-state index in [0.717, 1.165) is 0 Å². The van der Waals surface area contributed by atoms with Crippen LogP contribution in [0, 0.1) is 0 Å². The highest BCUT2D eigenvalue weighted by molar-refractivity contribution is 6.15. The first kappa shape index (κ1) is 11.4. The van der Waals surface area contributed by atoms with Crippen LogP contribution in [0.5, 0.6) is 0 Å². The molecule has 0 atom stereocenters. The van der Waals surface area contributed by atoms with Gasteiger partial charge in [0, 0.05) is 5.56 Å². The summed E-state index contributed by atoms with van der Waals surface area (Å²) in [4.78, 5) is 13.4. The van der Waals surface area contributed by atoms with Gasteiger partial charge in [0.15, 0.2) is 5.78 Å². The third-order valence-electron chi connectivity index (χ3n) is 1.32. The average Bonchev–Trinajstić information content (AvgIpc) is 2.07. The maximum atomic E-state index is 11.1. The van der Waals surface area contributed by atoms with Crippen LogP contribution in [0.15, 0.2) is 30.3 Å². The Labute approximate surface area is 82.4 Å². The number of hydrogen-bond donors (Lipinski definition) is 1. The average molecular weight is 206 g/mol. The Balaban J connectivity index is 0.00000121. The lowest BCUT2D eigenvalue weighted by Gasteiger charge is -1.96. The van der Waals surface area contributed by atoms with Gasteiger partial charge in [0.05, 0.1) is 6.54 Å². The molecular weight excluding hydrogens is 197 g/mol. The second-order valence-corrected chi connectivity index (χ2v) is 2.37. The second-order valence-electron chi connectivity index (χ2n) is 2.10. The van der Waals surface area contributed by atoms with Crippen molar-refractivity contribution in [2.75, 3.05) is 6.54 Å². The van der Waals surface area contributed by atoms with Gasteiger partial charge in [-0.2, -0.15) is 0 Å². The molecule has 0 saturated heterocycles. The van der Waals surface area contributed by atoms with Crippen LogP contribution in [0.2, 0.25) is 0 Å². The van der Waals surface area contributed by atoms with Crippen LogP contribution in [-0.2, 0) is 0 Å². The van der Waals surface area contributed by atoms with Gasteiger partial charge in [-0.15, -0.1) is 12.4 Å². The molecule has 0 bridgehead atoms. The number of Topliss-reactive ketones (excluding diaryl/α,β-unsaturated/α-hetero) is 1. The molecule has 0 unspecified atom stereocenters. The third-order valence-corrected chi connectivity index (χ3v) is 1.46. The Morgan fingerprint density at radius 3 is 2.42 bits per heavy atom. The van der Waals surface area contributed by atoms with E-state index in [-0.39, 0.29) is 24.7 Å². The summed E-state index contributed by atoms with van der Waals surface area (Å²) < 4.78 is 0. The van der Waals surface area contributed by atoms with Crippen molar-refractivity contribution in [3.8, 4) is 0 Å². The molecule has 0 spiro atoms. The van der Waals surface area contributed by atoms with Crippen molar-refractivity contribution < 1.29 is 4.79 Å². The van der Waals surface area contributed by atoms with E-state index in [2.05, 4.69) is 4.84 Å². The Morgan fingerprint density at radius 2 is 1.92 bits per heavy atom. The van der Waals surface area contributed by atoms with Gasteiger partial charge < -0.3 is 0 Å². The Bertz CT molecular complexity index is 238. The number of rotatable bonds is 3. The van der Waals surface area contributed by atoms with E-state index < -0.39 is 0 Å². The summed E-state index contributed by atoms with van der Waals surface area (Å²) in [6, 6.07) is 9.03. The molecule has 1 N–H and O–H groups in total. The van der Waals surface area contributed by atoms with E-state index in [1.165, 1.54) is 0 Å². The summed E-state index contributed by atoms with van der Waals surface area (Å²) in [6.45, 7) is 0.172. The Kier molecular flexibility index (Phi) is 5.72. The topological polar surface area (TPSA) is 29.1 Å². The highest BCUT2D eigenvalue weighted by Gasteiger charge is 2.01. The van der Waals surface area contributed by atoms with Crippen molar-refractivity contribution in [2.45, 2.75) is 0 Å². The van der Waals surface area contributed by atoms with E-state index in [4.69, 9.17) is 11.8 Å². The van der Waals surface area contributed by atoms with Crippen LogP contribution in [0.4, 0.5) is 0 Å². The van der Waals surface area contributed by atoms with E-state index in [1.54, 1.807) is 12.1 Å². The van der Waals surface area contributed by atoms with E-state index >= 15 is 0 Å². The zero-order valence-electron chi connectivity index (χ0n) is 6.29. The molecule has 0 aliphatic heterocycles. The molecule has 1 aromatic rings. The molecule has 1 rings (SSSR count). The van der Waals surface area contributed by atoms with Crippen LogP contribution < -0.4 is 4.84 Å². The number of ketones is 1. The van der Waals surface area contributed by atoms with Crippen LogP contribution in [-0.4, -0.2) is 12.3 Å². The molecule has 2 nitrogen and oxygen atoms in total. The Morgan fingerprint density at radius 1 is 1.33 bits per heavy atom. The molecule has 0 aromatic heterocycles. The van der Waals surface area contributed by atoms with Crippen molar-refractivity contribution in [2.24, 2.45) is 0 Å². The molecule has 0 aliphatic rings. The number of benzene rings is 1. The monoisotopic (exact) mass is 205 g/mol. The second kappa shape index (κ2) is 6.00. The smallest absolute Gasteiger partial charge is 0.177 e. The van der Waals surface area contributed by atoms with Gasteiger partial charge in [0.1, 0.15) is 0 Å². The lowest BCUT2D eigenvalue weighted by atomic mass is 10.1.